The number of amides is 2. The Morgan fingerprint density at radius 1 is 0.829 bits per heavy atom. The number of carbonyl (C=O) groups excluding carboxylic acids is 3. The number of benzene rings is 2. The van der Waals surface area contributed by atoms with Gasteiger partial charge in [-0.05, 0) is 63.1 Å². The third kappa shape index (κ3) is 6.12. The van der Waals surface area contributed by atoms with E-state index in [9.17, 15) is 19.2 Å². The van der Waals surface area contributed by atoms with Crippen molar-refractivity contribution in [3.63, 3.8) is 0 Å². The van der Waals surface area contributed by atoms with Crippen molar-refractivity contribution in [2.24, 2.45) is 0 Å². The van der Waals surface area contributed by atoms with Crippen molar-refractivity contribution in [2.75, 3.05) is 7.11 Å². The topological polar surface area (TPSA) is 134 Å². The molecule has 2 aliphatic heterocycles. The largest absolute Gasteiger partial charge is 1.00 e. The van der Waals surface area contributed by atoms with Crippen molar-refractivity contribution in [1.29, 1.82) is 0 Å². The predicted molar refractivity (Wildman–Crippen MR) is 123 cm³/mol. The van der Waals surface area contributed by atoms with Crippen LogP contribution in [0.2, 0.25) is 0 Å². The third-order valence-electron chi connectivity index (χ3n) is 5.80. The fourth-order valence-corrected chi connectivity index (χ4v) is 3.86. The molecule has 0 spiro atoms. The number of methoxy groups -OCH3 is 1. The summed E-state index contributed by atoms with van der Waals surface area (Å²) in [5.74, 6) is -1.50. The molecule has 2 amide bonds. The summed E-state index contributed by atoms with van der Waals surface area (Å²) in [5.41, 5.74) is 3.60. The van der Waals surface area contributed by atoms with Crippen LogP contribution in [0.25, 0.3) is 0 Å². The molecule has 182 valence electrons. The number of carboxylic acids is 1. The van der Waals surface area contributed by atoms with E-state index in [1.165, 1.54) is 19.2 Å². The fourth-order valence-electron chi connectivity index (χ4n) is 3.86. The predicted octanol–water partition coefficient (Wildman–Crippen LogP) is 0.414. The molecular weight excluding hydrogens is 447 g/mol. The first-order valence-corrected chi connectivity index (χ1v) is 10.7. The average molecular weight is 476 g/mol. The monoisotopic (exact) mass is 476 g/mol. The Bertz CT molecular complexity index is 1130. The molecule has 2 aromatic carbocycles. The van der Waals surface area contributed by atoms with E-state index in [2.05, 4.69) is 4.74 Å². The molecule has 0 unspecified atom stereocenters. The van der Waals surface area contributed by atoms with Crippen LogP contribution in [-0.2, 0) is 17.8 Å². The summed E-state index contributed by atoms with van der Waals surface area (Å²) in [7, 11) is 1.33. The number of carbonyl (C=O) groups is 4. The number of carboxylic acid groups (broad SMARTS) is 1. The summed E-state index contributed by atoms with van der Waals surface area (Å²) >= 11 is 0. The van der Waals surface area contributed by atoms with E-state index in [1.54, 1.807) is 28.0 Å². The second-order valence-electron chi connectivity index (χ2n) is 8.59. The van der Waals surface area contributed by atoms with Crippen LogP contribution < -0.4 is 18.9 Å². The molecule has 0 atom stereocenters. The Morgan fingerprint density at radius 2 is 1.23 bits per heavy atom. The van der Waals surface area contributed by atoms with E-state index in [1.807, 2.05) is 33.8 Å². The van der Waals surface area contributed by atoms with Crippen LogP contribution in [0, 0.1) is 0 Å². The molecule has 10 heteroatoms. The molecule has 0 bridgehead atoms. The molecular formula is C25H29LiN2O7. The van der Waals surface area contributed by atoms with Crippen molar-refractivity contribution in [2.45, 2.75) is 52.9 Å². The maximum Gasteiger partial charge on any atom is 1.00 e. The molecule has 0 saturated heterocycles. The molecule has 2 heterocycles. The van der Waals surface area contributed by atoms with E-state index < -0.39 is 11.9 Å². The zero-order valence-corrected chi connectivity index (χ0v) is 20.9. The standard InChI is InChI=1S/C13H15NO3.C12H13NO3.Li.H2O/c1-8(2)14-7-10-5-4-9(13(16)17-3)6-11(10)12(14)15;1-7(2)13-6-9-4-3-8(12(15)16)5-10(9)11(13)14;;/h4-6,8H,7H2,1-3H3;3-5,7H,6H2,1-2H3,(H,15,16);;1H2/q;;+1;/p-1. The molecule has 35 heavy (non-hydrogen) atoms. The minimum Gasteiger partial charge on any atom is -0.870 e. The SMILES string of the molecule is CC(C)N1Cc2ccc(C(=O)O)cc2C1=O.COC(=O)c1ccc2c(c1)C(=O)N(C(C)C)C2.[Li+].[OH-]. The first kappa shape index (κ1) is 29.9. The summed E-state index contributed by atoms with van der Waals surface area (Å²) < 4.78 is 4.64. The molecule has 4 rings (SSSR count). The van der Waals surface area contributed by atoms with Gasteiger partial charge in [-0.25, -0.2) is 9.59 Å². The minimum atomic E-state index is -1.00. The summed E-state index contributed by atoms with van der Waals surface area (Å²) in [6.45, 7) is 9.04. The molecule has 2 aliphatic rings. The maximum absolute atomic E-state index is 12.1. The van der Waals surface area contributed by atoms with Crippen molar-refractivity contribution in [1.82, 2.24) is 9.80 Å². The van der Waals surface area contributed by atoms with Crippen molar-refractivity contribution < 1.29 is 53.4 Å². The summed E-state index contributed by atoms with van der Waals surface area (Å²) in [6, 6.07) is 10.2. The van der Waals surface area contributed by atoms with E-state index in [4.69, 9.17) is 5.11 Å². The quantitative estimate of drug-likeness (QED) is 0.499. The van der Waals surface area contributed by atoms with E-state index in [0.29, 0.717) is 29.8 Å². The van der Waals surface area contributed by atoms with Crippen LogP contribution in [0.5, 0.6) is 0 Å². The van der Waals surface area contributed by atoms with Crippen LogP contribution >= 0.6 is 0 Å². The molecule has 9 nitrogen and oxygen atoms in total. The molecule has 2 aromatic rings. The Labute approximate surface area is 216 Å². The van der Waals surface area contributed by atoms with Gasteiger partial charge in [-0.2, -0.15) is 0 Å². The van der Waals surface area contributed by atoms with Crippen molar-refractivity contribution in [3.05, 3.63) is 69.8 Å². The zero-order valence-electron chi connectivity index (χ0n) is 20.9. The summed E-state index contributed by atoms with van der Waals surface area (Å²) in [5, 5.41) is 8.85. The Morgan fingerprint density at radius 3 is 1.60 bits per heavy atom. The molecule has 0 fully saturated rings. The van der Waals surface area contributed by atoms with Crippen LogP contribution in [0.15, 0.2) is 36.4 Å². The first-order chi connectivity index (χ1) is 15.5. The molecule has 0 aromatic heterocycles. The smallest absolute Gasteiger partial charge is 0.870 e. The van der Waals surface area contributed by atoms with Gasteiger partial charge in [0, 0.05) is 36.3 Å². The number of fused-ring (bicyclic) bond motifs is 2. The molecule has 0 radical (unpaired) electrons. The van der Waals surface area contributed by atoms with Gasteiger partial charge in [0.25, 0.3) is 11.8 Å². The normalized spacial score (nSPS) is 13.5. The average Bonchev–Trinajstić information content (AvgIpc) is 3.30. The molecule has 2 N–H and O–H groups in total. The van der Waals surface area contributed by atoms with Gasteiger partial charge in [0.1, 0.15) is 0 Å². The maximum atomic E-state index is 12.1. The van der Waals surface area contributed by atoms with Crippen LogP contribution in [0.4, 0.5) is 0 Å². The number of nitrogens with zero attached hydrogens (tertiary/aromatic N) is 2. The van der Waals surface area contributed by atoms with Gasteiger partial charge in [-0.3, -0.25) is 9.59 Å². The van der Waals surface area contributed by atoms with Crippen LogP contribution in [0.1, 0.15) is 80.3 Å². The summed E-state index contributed by atoms with van der Waals surface area (Å²) in [4.78, 5) is 49.7. The number of hydrogen-bond donors (Lipinski definition) is 1. The Hall–Kier alpha value is -3.12. The first-order valence-electron chi connectivity index (χ1n) is 10.7. The number of rotatable bonds is 4. The Balaban J connectivity index is 0.000000332. The Kier molecular flexibility index (Phi) is 10.3. The van der Waals surface area contributed by atoms with Gasteiger partial charge in [0.2, 0.25) is 0 Å². The van der Waals surface area contributed by atoms with E-state index in [-0.39, 0.29) is 53.8 Å². The van der Waals surface area contributed by atoms with Gasteiger partial charge in [0.15, 0.2) is 0 Å². The van der Waals surface area contributed by atoms with Gasteiger partial charge in [-0.1, -0.05) is 12.1 Å². The molecule has 0 saturated carbocycles. The van der Waals surface area contributed by atoms with Crippen molar-refractivity contribution in [3.8, 4) is 0 Å². The number of ether oxygens (including phenoxy) is 1. The second kappa shape index (κ2) is 12.0. The van der Waals surface area contributed by atoms with Gasteiger partial charge >= 0.3 is 30.8 Å². The molecule has 0 aliphatic carbocycles. The summed E-state index contributed by atoms with van der Waals surface area (Å²) in [6.07, 6.45) is 0. The van der Waals surface area contributed by atoms with Crippen LogP contribution in [0.3, 0.4) is 0 Å². The number of aromatic carboxylic acids is 1. The third-order valence-corrected chi connectivity index (χ3v) is 5.80. The second-order valence-corrected chi connectivity index (χ2v) is 8.59. The van der Waals surface area contributed by atoms with Crippen LogP contribution in [-0.4, -0.2) is 63.3 Å². The van der Waals surface area contributed by atoms with Crippen molar-refractivity contribution >= 4 is 23.8 Å². The van der Waals surface area contributed by atoms with E-state index in [0.717, 1.165) is 11.1 Å². The number of hydrogen-bond acceptors (Lipinski definition) is 6. The van der Waals surface area contributed by atoms with Gasteiger partial charge in [0.05, 0.1) is 18.2 Å². The minimum absolute atomic E-state index is 0. The van der Waals surface area contributed by atoms with Gasteiger partial charge in [-0.15, -0.1) is 0 Å². The van der Waals surface area contributed by atoms with E-state index >= 15 is 0 Å². The fraction of sp³-hybridized carbons (Fsp3) is 0.360. The number of esters is 1. The van der Waals surface area contributed by atoms with Gasteiger partial charge < -0.3 is 25.1 Å². The zero-order chi connectivity index (χ0) is 24.4.